The Morgan fingerprint density at radius 1 is 0.184 bits per heavy atom. The highest BCUT2D eigenvalue weighted by Crippen LogP contribution is 2.40. The second-order valence-corrected chi connectivity index (χ2v) is 34.2. The first-order valence-corrected chi connectivity index (χ1v) is 47.1. The summed E-state index contributed by atoms with van der Waals surface area (Å²) in [6, 6.07) is 116. The first kappa shape index (κ1) is 99.1. The Morgan fingerprint density at radius 2 is 0.376 bits per heavy atom. The van der Waals surface area contributed by atoms with E-state index in [-0.39, 0.29) is 87.3 Å². The Balaban J connectivity index is 0.786. The number of benzene rings is 13. The number of aliphatic hydroxyl groups excluding tert-OH is 1. The zero-order chi connectivity index (χ0) is 96.5. The van der Waals surface area contributed by atoms with Gasteiger partial charge in [0, 0.05) is 0 Å². The summed E-state index contributed by atoms with van der Waals surface area (Å²) in [5.74, 6) is -4.69. The standard InChI is InChI=1S/C115H110O26/c116-107(86-56-30-9-31-57-86)137-97-93(76-130-113-104(128-72-84-52-26-7-27-53-84)100(126-70-82-48-22-5-23-49-82)95(123-67-79-42-16-2-17-43-79)91(134-113)74-122-66-78-40-14-1-15-41-78)135-114(105(129-73-85-54-28-8-29-55-85)101(97)139-109(118)88-60-34-11-35-61-88)131-77-94-98(138-108(117)87-58-32-10-33-59-87)102(140-110(119)89-62-36-12-37-63-89)106(141-111(120)90-64-38-13-39-65-90)115(136-94)132-75-92-96(124-68-80-44-18-3-19-45-80)99(125-69-81-46-20-4-21-47-81)103(112(121)133-92)127-71-83-50-24-6-25-51-83/h1-65,91-106,112-115,121H,66-77H2/t91-,92+,93-,94+,95-,96-,97-,98+,99+,100-,101-,102+,103+,104+,105+,106+,112-,113+,114+,115-/m0/s1. The van der Waals surface area contributed by atoms with E-state index in [2.05, 4.69) is 0 Å². The van der Waals surface area contributed by atoms with Crippen LogP contribution in [0.1, 0.15) is 96.3 Å². The summed E-state index contributed by atoms with van der Waals surface area (Å²) in [4.78, 5) is 77.1. The maximum atomic E-state index is 15.5. The number of esters is 5. The van der Waals surface area contributed by atoms with Gasteiger partial charge in [-0.1, -0.05) is 334 Å². The second kappa shape index (κ2) is 51.1. The van der Waals surface area contributed by atoms with Gasteiger partial charge in [-0.05, 0) is 105 Å². The molecule has 4 saturated heterocycles. The highest BCUT2D eigenvalue weighted by Gasteiger charge is 2.59. The van der Waals surface area contributed by atoms with Crippen LogP contribution in [0.3, 0.4) is 0 Å². The van der Waals surface area contributed by atoms with E-state index in [9.17, 15) is 5.11 Å². The fraction of sp³-hybridized carbons (Fsp3) is 0.278. The van der Waals surface area contributed by atoms with Crippen molar-refractivity contribution in [1.29, 1.82) is 0 Å². The molecule has 726 valence electrons. The number of ether oxygens (including phenoxy) is 20. The fourth-order valence-electron chi connectivity index (χ4n) is 17.1. The van der Waals surface area contributed by atoms with Crippen LogP contribution in [0.4, 0.5) is 0 Å². The molecule has 0 aromatic heterocycles. The lowest BCUT2D eigenvalue weighted by Gasteiger charge is -2.48. The van der Waals surface area contributed by atoms with Crippen LogP contribution < -0.4 is 0 Å². The van der Waals surface area contributed by atoms with Gasteiger partial charge in [0.05, 0.1) is 107 Å². The Morgan fingerprint density at radius 3 is 0.660 bits per heavy atom. The van der Waals surface area contributed by atoms with Gasteiger partial charge in [0.2, 0.25) is 0 Å². The lowest BCUT2D eigenvalue weighted by molar-refractivity contribution is -0.355. The van der Waals surface area contributed by atoms with E-state index in [1.54, 1.807) is 115 Å². The molecular weight excluding hydrogens is 1800 g/mol. The van der Waals surface area contributed by atoms with Crippen LogP contribution in [-0.2, 0) is 148 Å². The minimum atomic E-state index is -1.94. The van der Waals surface area contributed by atoms with Crippen molar-refractivity contribution < 1.29 is 124 Å². The molecule has 17 rings (SSSR count). The summed E-state index contributed by atoms with van der Waals surface area (Å²) >= 11 is 0. The van der Waals surface area contributed by atoms with Gasteiger partial charge in [-0.25, -0.2) is 24.0 Å². The van der Waals surface area contributed by atoms with Crippen molar-refractivity contribution in [2.45, 2.75) is 176 Å². The van der Waals surface area contributed by atoms with Crippen molar-refractivity contribution in [3.05, 3.63) is 467 Å². The third-order valence-corrected chi connectivity index (χ3v) is 24.3. The van der Waals surface area contributed by atoms with Crippen LogP contribution in [0.25, 0.3) is 0 Å². The van der Waals surface area contributed by atoms with Gasteiger partial charge in [0.25, 0.3) is 0 Å². The van der Waals surface area contributed by atoms with Gasteiger partial charge < -0.3 is 99.8 Å². The molecule has 0 amide bonds. The number of aliphatic hydroxyl groups is 1. The van der Waals surface area contributed by atoms with Crippen molar-refractivity contribution in [3.8, 4) is 0 Å². The molecule has 0 bridgehead atoms. The van der Waals surface area contributed by atoms with E-state index >= 15 is 24.0 Å². The summed E-state index contributed by atoms with van der Waals surface area (Å²) in [5, 5.41) is 12.6. The summed E-state index contributed by atoms with van der Waals surface area (Å²) in [6.07, 6.45) is -30.2. The molecule has 1 N–H and O–H groups in total. The van der Waals surface area contributed by atoms with Gasteiger partial charge in [-0.2, -0.15) is 0 Å². The lowest BCUT2D eigenvalue weighted by atomic mass is 9.96. The molecule has 0 aliphatic carbocycles. The molecule has 0 radical (unpaired) electrons. The zero-order valence-electron chi connectivity index (χ0n) is 77.2. The molecule has 26 heteroatoms. The van der Waals surface area contributed by atoms with Crippen LogP contribution in [0.2, 0.25) is 0 Å². The van der Waals surface area contributed by atoms with Crippen LogP contribution >= 0.6 is 0 Å². The normalized spacial score (nSPS) is 24.3. The van der Waals surface area contributed by atoms with Crippen LogP contribution in [-0.4, -0.2) is 184 Å². The van der Waals surface area contributed by atoms with Gasteiger partial charge in [-0.3, -0.25) is 0 Å². The predicted molar refractivity (Wildman–Crippen MR) is 514 cm³/mol. The van der Waals surface area contributed by atoms with Gasteiger partial charge in [-0.15, -0.1) is 0 Å². The first-order chi connectivity index (χ1) is 69.4. The van der Waals surface area contributed by atoms with E-state index < -0.39 is 172 Å². The summed E-state index contributed by atoms with van der Waals surface area (Å²) in [5.41, 5.74) is 6.59. The lowest BCUT2D eigenvalue weighted by Crippen LogP contribution is -2.66. The topological polar surface area (TPSA) is 290 Å². The molecule has 4 aliphatic rings. The molecule has 4 aliphatic heterocycles. The van der Waals surface area contributed by atoms with E-state index in [1.165, 1.54) is 36.4 Å². The predicted octanol–water partition coefficient (Wildman–Crippen LogP) is 17.4. The quantitative estimate of drug-likeness (QED) is 0.0274. The minimum Gasteiger partial charge on any atom is -0.452 e. The molecule has 0 unspecified atom stereocenters. The number of rotatable bonds is 44. The molecule has 4 heterocycles. The Hall–Kier alpha value is -13.4. The molecule has 20 atom stereocenters. The van der Waals surface area contributed by atoms with Crippen LogP contribution in [0.15, 0.2) is 394 Å². The molecular formula is C115H110O26. The Kier molecular flexibility index (Phi) is 36.0. The van der Waals surface area contributed by atoms with E-state index in [0.29, 0.717) is 5.56 Å². The van der Waals surface area contributed by atoms with Gasteiger partial charge >= 0.3 is 29.8 Å². The monoisotopic (exact) mass is 1910 g/mol. The number of carbonyl (C=O) groups is 5. The minimum absolute atomic E-state index is 0.00211. The molecule has 141 heavy (non-hydrogen) atoms. The molecule has 26 nitrogen and oxygen atoms in total. The zero-order valence-corrected chi connectivity index (χ0v) is 77.2. The molecule has 13 aromatic rings. The number of hydrogen-bond acceptors (Lipinski definition) is 26. The van der Waals surface area contributed by atoms with E-state index in [1.807, 2.05) is 243 Å². The SMILES string of the molecule is O=C(O[C@H]1[C@@H](OC(=O)c2ccccc2)[C@H](CO[C@@H]2O[C@@H](COCc3ccccc3)[C@H](OCc3ccccc3)[C@H](OCc3ccccc3)[C@H]2OCc2ccccc2)O[C@@H](OC[C@H]2O[C@H](OC[C@H]3O[C@H](O)[C@H](OCc4ccccc4)[C@H](OCc4ccccc4)[C@H]3OCc3ccccc3)[C@H](OC(=O)c3ccccc3)[C@H](OC(=O)c3ccccc3)[C@@H]2OC(=O)c2ccccc2)[C@@H]1OCc1ccccc1)c1ccccc1. The van der Waals surface area contributed by atoms with Gasteiger partial charge in [0.15, 0.2) is 55.7 Å². The van der Waals surface area contributed by atoms with Crippen molar-refractivity contribution in [2.75, 3.05) is 26.4 Å². The summed E-state index contributed by atoms with van der Waals surface area (Å²) in [6.45, 7) is -1.95. The third-order valence-electron chi connectivity index (χ3n) is 24.3. The van der Waals surface area contributed by atoms with Crippen LogP contribution in [0.5, 0.6) is 0 Å². The van der Waals surface area contributed by atoms with Crippen molar-refractivity contribution in [2.24, 2.45) is 0 Å². The molecule has 0 saturated carbocycles. The highest BCUT2D eigenvalue weighted by atomic mass is 16.8. The maximum absolute atomic E-state index is 15.5. The average Bonchev–Trinajstić information content (AvgIpc) is 0.769. The first-order valence-electron chi connectivity index (χ1n) is 47.1. The van der Waals surface area contributed by atoms with Gasteiger partial charge in [0.1, 0.15) is 67.1 Å². The highest BCUT2D eigenvalue weighted by molar-refractivity contribution is 5.92. The summed E-state index contributed by atoms with van der Waals surface area (Å²) < 4.78 is 140. The van der Waals surface area contributed by atoms with Crippen molar-refractivity contribution in [1.82, 2.24) is 0 Å². The fourth-order valence-corrected chi connectivity index (χ4v) is 17.1. The Bertz CT molecular complexity index is 5930. The van der Waals surface area contributed by atoms with E-state index in [0.717, 1.165) is 38.9 Å². The molecule has 13 aromatic carbocycles. The number of carbonyl (C=O) groups excluding carboxylic acids is 5. The Labute approximate surface area is 817 Å². The molecule has 4 fully saturated rings. The average molecular weight is 1910 g/mol. The van der Waals surface area contributed by atoms with Crippen LogP contribution in [0, 0.1) is 0 Å². The van der Waals surface area contributed by atoms with Crippen molar-refractivity contribution >= 4 is 29.8 Å². The summed E-state index contributed by atoms with van der Waals surface area (Å²) in [7, 11) is 0. The van der Waals surface area contributed by atoms with E-state index in [4.69, 9.17) is 94.7 Å². The smallest absolute Gasteiger partial charge is 0.338 e. The maximum Gasteiger partial charge on any atom is 0.338 e. The third kappa shape index (κ3) is 27.6. The number of hydrogen-bond donors (Lipinski definition) is 1. The molecule has 0 spiro atoms. The second-order valence-electron chi connectivity index (χ2n) is 34.2. The largest absolute Gasteiger partial charge is 0.452 e. The van der Waals surface area contributed by atoms with Crippen molar-refractivity contribution in [3.63, 3.8) is 0 Å².